The largest absolute Gasteiger partial charge is 0.494 e. The molecule has 2 aromatic rings. The number of nitrogens with one attached hydrogen (secondary N) is 1. The Hall–Kier alpha value is -2.05. The molecule has 26 heavy (non-hydrogen) atoms. The predicted molar refractivity (Wildman–Crippen MR) is 104 cm³/mol. The average Bonchev–Trinajstić information content (AvgIpc) is 3.18. The van der Waals surface area contributed by atoms with E-state index in [4.69, 9.17) is 4.74 Å². The van der Waals surface area contributed by atoms with Crippen LogP contribution in [-0.4, -0.2) is 34.7 Å². The highest BCUT2D eigenvalue weighted by molar-refractivity contribution is 7.89. The highest BCUT2D eigenvalue weighted by atomic mass is 32.2. The molecule has 0 aromatic heterocycles. The SMILES string of the molecule is CCOc1ccc(S(=O)(=O)NCCc2ccc(N3CCCC3)cc2)cc1. The summed E-state index contributed by atoms with van der Waals surface area (Å²) in [5, 5.41) is 0. The molecule has 1 saturated heterocycles. The maximum Gasteiger partial charge on any atom is 0.240 e. The van der Waals surface area contributed by atoms with Crippen LogP contribution in [0.1, 0.15) is 25.3 Å². The Morgan fingerprint density at radius 1 is 1.00 bits per heavy atom. The third-order valence-corrected chi connectivity index (χ3v) is 6.04. The minimum absolute atomic E-state index is 0.255. The van der Waals surface area contributed by atoms with Crippen LogP contribution in [0.25, 0.3) is 0 Å². The van der Waals surface area contributed by atoms with E-state index in [9.17, 15) is 8.42 Å². The van der Waals surface area contributed by atoms with Crippen LogP contribution in [0.3, 0.4) is 0 Å². The lowest BCUT2D eigenvalue weighted by atomic mass is 10.1. The van der Waals surface area contributed by atoms with Gasteiger partial charge >= 0.3 is 0 Å². The van der Waals surface area contributed by atoms with Crippen molar-refractivity contribution in [2.75, 3.05) is 31.1 Å². The standard InChI is InChI=1S/C20H26N2O3S/c1-2-25-19-9-11-20(12-10-19)26(23,24)21-14-13-17-5-7-18(8-6-17)22-15-3-4-16-22/h5-12,21H,2-4,13-16H2,1H3. The Morgan fingerprint density at radius 2 is 1.65 bits per heavy atom. The number of anilines is 1. The lowest BCUT2D eigenvalue weighted by Gasteiger charge is -2.17. The number of benzene rings is 2. The number of hydrogen-bond donors (Lipinski definition) is 1. The van der Waals surface area contributed by atoms with E-state index in [1.165, 1.54) is 18.5 Å². The van der Waals surface area contributed by atoms with Crippen LogP contribution < -0.4 is 14.4 Å². The molecule has 1 heterocycles. The summed E-state index contributed by atoms with van der Waals surface area (Å²) >= 11 is 0. The minimum atomic E-state index is -3.50. The van der Waals surface area contributed by atoms with E-state index in [0.29, 0.717) is 25.3 Å². The van der Waals surface area contributed by atoms with Crippen molar-refractivity contribution in [3.05, 3.63) is 54.1 Å². The molecule has 0 radical (unpaired) electrons. The van der Waals surface area contributed by atoms with E-state index >= 15 is 0 Å². The van der Waals surface area contributed by atoms with E-state index in [1.54, 1.807) is 24.3 Å². The molecule has 0 atom stereocenters. The summed E-state index contributed by atoms with van der Waals surface area (Å²) in [6.45, 7) is 5.08. The maximum atomic E-state index is 12.4. The molecule has 0 amide bonds. The smallest absolute Gasteiger partial charge is 0.240 e. The van der Waals surface area contributed by atoms with Crippen molar-refractivity contribution in [1.29, 1.82) is 0 Å². The van der Waals surface area contributed by atoms with Gasteiger partial charge in [0, 0.05) is 25.3 Å². The highest BCUT2D eigenvalue weighted by Crippen LogP contribution is 2.20. The molecule has 0 unspecified atom stereocenters. The summed E-state index contributed by atoms with van der Waals surface area (Å²) in [5.74, 6) is 0.671. The van der Waals surface area contributed by atoms with E-state index < -0.39 is 10.0 Å². The second kappa shape index (κ2) is 8.56. The van der Waals surface area contributed by atoms with Crippen molar-refractivity contribution >= 4 is 15.7 Å². The Balaban J connectivity index is 1.53. The third kappa shape index (κ3) is 4.77. The summed E-state index contributed by atoms with van der Waals surface area (Å²) in [7, 11) is -3.50. The monoisotopic (exact) mass is 374 g/mol. The highest BCUT2D eigenvalue weighted by Gasteiger charge is 2.14. The molecule has 6 heteroatoms. The van der Waals surface area contributed by atoms with Crippen molar-refractivity contribution in [2.45, 2.75) is 31.1 Å². The molecule has 2 aromatic carbocycles. The molecule has 140 valence electrons. The summed E-state index contributed by atoms with van der Waals surface area (Å²) in [6.07, 6.45) is 3.18. The molecule has 0 aliphatic carbocycles. The van der Waals surface area contributed by atoms with E-state index in [0.717, 1.165) is 18.7 Å². The first-order valence-electron chi connectivity index (χ1n) is 9.15. The fourth-order valence-corrected chi connectivity index (χ4v) is 4.18. The normalized spacial score (nSPS) is 14.6. The van der Waals surface area contributed by atoms with Gasteiger partial charge in [0.25, 0.3) is 0 Å². The molecular weight excluding hydrogens is 348 g/mol. The van der Waals surface area contributed by atoms with Crippen LogP contribution in [0, 0.1) is 0 Å². The van der Waals surface area contributed by atoms with Gasteiger partial charge < -0.3 is 9.64 Å². The lowest BCUT2D eigenvalue weighted by molar-refractivity contribution is 0.340. The fraction of sp³-hybridized carbons (Fsp3) is 0.400. The molecule has 3 rings (SSSR count). The van der Waals surface area contributed by atoms with Gasteiger partial charge in [0.05, 0.1) is 11.5 Å². The summed E-state index contributed by atoms with van der Waals surface area (Å²) < 4.78 is 32.7. The number of rotatable bonds is 8. The molecule has 5 nitrogen and oxygen atoms in total. The lowest BCUT2D eigenvalue weighted by Crippen LogP contribution is -2.26. The van der Waals surface area contributed by atoms with Gasteiger partial charge in [-0.2, -0.15) is 0 Å². The Kier molecular flexibility index (Phi) is 6.16. The number of nitrogens with zero attached hydrogens (tertiary/aromatic N) is 1. The van der Waals surface area contributed by atoms with Gasteiger partial charge in [0.1, 0.15) is 5.75 Å². The van der Waals surface area contributed by atoms with Crippen molar-refractivity contribution < 1.29 is 13.2 Å². The van der Waals surface area contributed by atoms with Gasteiger partial charge in [0.2, 0.25) is 10.0 Å². The van der Waals surface area contributed by atoms with Crippen molar-refractivity contribution in [2.24, 2.45) is 0 Å². The number of ether oxygens (including phenoxy) is 1. The van der Waals surface area contributed by atoms with Crippen molar-refractivity contribution in [3.63, 3.8) is 0 Å². The van der Waals surface area contributed by atoms with Gasteiger partial charge in [-0.1, -0.05) is 12.1 Å². The molecular formula is C20H26N2O3S. The first-order valence-corrected chi connectivity index (χ1v) is 10.6. The molecule has 1 N–H and O–H groups in total. The summed E-state index contributed by atoms with van der Waals surface area (Å²) in [6, 6.07) is 14.9. The van der Waals surface area contributed by atoms with E-state index in [1.807, 2.05) is 6.92 Å². The molecule has 1 aliphatic rings. The first kappa shape index (κ1) is 18.7. The first-order chi connectivity index (χ1) is 12.6. The van der Waals surface area contributed by atoms with Gasteiger partial charge in [-0.25, -0.2) is 13.1 Å². The summed E-state index contributed by atoms with van der Waals surface area (Å²) in [4.78, 5) is 2.64. The molecule has 0 bridgehead atoms. The zero-order valence-electron chi connectivity index (χ0n) is 15.1. The molecule has 0 spiro atoms. The minimum Gasteiger partial charge on any atom is -0.494 e. The number of sulfonamides is 1. The Bertz CT molecular complexity index is 796. The van der Waals surface area contributed by atoms with Crippen LogP contribution in [0.2, 0.25) is 0 Å². The van der Waals surface area contributed by atoms with Crippen LogP contribution >= 0.6 is 0 Å². The second-order valence-corrected chi connectivity index (χ2v) is 8.18. The van der Waals surface area contributed by atoms with Gasteiger partial charge in [0.15, 0.2) is 0 Å². The topological polar surface area (TPSA) is 58.6 Å². The average molecular weight is 375 g/mol. The van der Waals surface area contributed by atoms with Gasteiger partial charge in [-0.3, -0.25) is 0 Å². The van der Waals surface area contributed by atoms with Crippen LogP contribution in [0.5, 0.6) is 5.75 Å². The summed E-state index contributed by atoms with van der Waals surface area (Å²) in [5.41, 5.74) is 2.38. The molecule has 1 aliphatic heterocycles. The fourth-order valence-electron chi connectivity index (χ4n) is 3.14. The van der Waals surface area contributed by atoms with Crippen molar-refractivity contribution in [1.82, 2.24) is 4.72 Å². The predicted octanol–water partition coefficient (Wildman–Crippen LogP) is 3.21. The number of hydrogen-bond acceptors (Lipinski definition) is 4. The molecule has 1 fully saturated rings. The second-order valence-electron chi connectivity index (χ2n) is 6.41. The van der Waals surface area contributed by atoms with Crippen LogP contribution in [-0.2, 0) is 16.4 Å². The van der Waals surface area contributed by atoms with E-state index in [-0.39, 0.29) is 4.90 Å². The van der Waals surface area contributed by atoms with Gasteiger partial charge in [-0.15, -0.1) is 0 Å². The Morgan fingerprint density at radius 3 is 2.27 bits per heavy atom. The van der Waals surface area contributed by atoms with Gasteiger partial charge in [-0.05, 0) is 68.1 Å². The van der Waals surface area contributed by atoms with Crippen LogP contribution in [0.4, 0.5) is 5.69 Å². The van der Waals surface area contributed by atoms with Crippen LogP contribution in [0.15, 0.2) is 53.4 Å². The zero-order chi connectivity index (χ0) is 18.4. The van der Waals surface area contributed by atoms with E-state index in [2.05, 4.69) is 33.9 Å². The Labute approximate surface area is 156 Å². The zero-order valence-corrected chi connectivity index (χ0v) is 16.0. The third-order valence-electron chi connectivity index (χ3n) is 4.56. The van der Waals surface area contributed by atoms with Crippen molar-refractivity contribution in [3.8, 4) is 5.75 Å². The maximum absolute atomic E-state index is 12.4. The molecule has 0 saturated carbocycles. The quantitative estimate of drug-likeness (QED) is 0.771.